The van der Waals surface area contributed by atoms with Crippen molar-refractivity contribution in [2.24, 2.45) is 5.41 Å². The molecule has 0 saturated carbocycles. The van der Waals surface area contributed by atoms with Crippen molar-refractivity contribution >= 4 is 0 Å². The van der Waals surface area contributed by atoms with Crippen LogP contribution in [0.25, 0.3) is 0 Å². The Morgan fingerprint density at radius 2 is 1.88 bits per heavy atom. The van der Waals surface area contributed by atoms with Crippen molar-refractivity contribution < 1.29 is 5.11 Å². The van der Waals surface area contributed by atoms with Gasteiger partial charge in [0.05, 0.1) is 0 Å². The average Bonchev–Trinajstić information content (AvgIpc) is 1.59. The third-order valence-electron chi connectivity index (χ3n) is 0.826. The van der Waals surface area contributed by atoms with Crippen LogP contribution in [0.5, 0.6) is 0 Å². The van der Waals surface area contributed by atoms with Crippen molar-refractivity contribution in [1.29, 1.82) is 0 Å². The number of hydrogen-bond acceptors (Lipinski definition) is 0. The van der Waals surface area contributed by atoms with E-state index in [1.807, 2.05) is 0 Å². The van der Waals surface area contributed by atoms with Crippen molar-refractivity contribution in [3.8, 4) is 0 Å². The van der Waals surface area contributed by atoms with Crippen LogP contribution in [-0.2, 0) is 5.11 Å². The molecule has 0 aromatic heterocycles. The van der Waals surface area contributed by atoms with Crippen LogP contribution in [0.1, 0.15) is 27.2 Å². The minimum Gasteiger partial charge on any atom is -0.299 e. The van der Waals surface area contributed by atoms with E-state index >= 15 is 0 Å². The highest BCUT2D eigenvalue weighted by molar-refractivity contribution is 4.78. The minimum atomic E-state index is 0.265. The van der Waals surface area contributed by atoms with Gasteiger partial charge in [-0.1, -0.05) is 20.8 Å². The highest BCUT2D eigenvalue weighted by Crippen LogP contribution is 2.18. The molecular weight excluding hydrogens is 100 g/mol. The lowest BCUT2D eigenvalue weighted by Gasteiger charge is -2.13. The summed E-state index contributed by atoms with van der Waals surface area (Å²) in [6, 6.07) is 0. The Labute approximate surface area is 51.0 Å². The molecule has 0 heterocycles. The van der Waals surface area contributed by atoms with E-state index in [0.717, 1.165) is 12.7 Å². The van der Waals surface area contributed by atoms with E-state index in [9.17, 15) is 5.11 Å². The third-order valence-corrected chi connectivity index (χ3v) is 0.826. The third kappa shape index (κ3) is 5.54. The smallest absolute Gasteiger partial charge is 0.138 e. The van der Waals surface area contributed by atoms with E-state index in [2.05, 4.69) is 20.8 Å². The lowest BCUT2D eigenvalue weighted by Crippen LogP contribution is -2.01. The molecule has 0 aromatic rings. The first-order valence-electron chi connectivity index (χ1n) is 2.83. The van der Waals surface area contributed by atoms with Gasteiger partial charge in [-0.2, -0.15) is 0 Å². The van der Waals surface area contributed by atoms with Crippen LogP contribution < -0.4 is 0 Å². The van der Waals surface area contributed by atoms with E-state index in [4.69, 9.17) is 0 Å². The quantitative estimate of drug-likeness (QED) is 0.465. The Morgan fingerprint density at radius 1 is 1.38 bits per heavy atom. The summed E-state index contributed by atoms with van der Waals surface area (Å²) in [5, 5.41) is 9.80. The molecule has 0 unspecified atom stereocenters. The highest BCUT2D eigenvalue weighted by atomic mass is 16.2. The normalized spacial score (nSPS) is 12.9. The Bertz CT molecular complexity index is 76.9. The van der Waals surface area contributed by atoms with E-state index in [1.54, 1.807) is 6.08 Å². The molecule has 0 aliphatic carbocycles. The molecule has 47 valence electrons. The predicted molar refractivity (Wildman–Crippen MR) is 33.9 cm³/mol. The van der Waals surface area contributed by atoms with Gasteiger partial charge in [-0.3, -0.25) is 5.11 Å². The summed E-state index contributed by atoms with van der Waals surface area (Å²) in [5.74, 6) is 0. The highest BCUT2D eigenvalue weighted by Gasteiger charge is 2.05. The van der Waals surface area contributed by atoms with Gasteiger partial charge in [0.15, 0.2) is 0 Å². The zero-order chi connectivity index (χ0) is 6.62. The van der Waals surface area contributed by atoms with Crippen LogP contribution in [0.3, 0.4) is 0 Å². The fraction of sp³-hybridized carbons (Fsp3) is 0.714. The molecule has 0 aliphatic heterocycles. The molecule has 0 N–H and O–H groups in total. The lowest BCUT2D eigenvalue weighted by molar-refractivity contribution is 0.341. The van der Waals surface area contributed by atoms with E-state index in [1.165, 1.54) is 0 Å². The van der Waals surface area contributed by atoms with Gasteiger partial charge in [0.25, 0.3) is 0 Å². The first-order chi connectivity index (χ1) is 3.56. The Balaban J connectivity index is 3.39. The summed E-state index contributed by atoms with van der Waals surface area (Å²) in [6.07, 6.45) is 3.38. The SMILES string of the molecule is CC(C)(C)CC=C[O]. The van der Waals surface area contributed by atoms with E-state index in [0.29, 0.717) is 0 Å². The summed E-state index contributed by atoms with van der Waals surface area (Å²) in [4.78, 5) is 0. The first-order valence-corrected chi connectivity index (χ1v) is 2.83. The van der Waals surface area contributed by atoms with Crippen LogP contribution in [-0.4, -0.2) is 0 Å². The maximum atomic E-state index is 9.80. The monoisotopic (exact) mass is 113 g/mol. The summed E-state index contributed by atoms with van der Waals surface area (Å²) in [5.41, 5.74) is 0.265. The summed E-state index contributed by atoms with van der Waals surface area (Å²) in [6.45, 7) is 6.31. The molecule has 8 heavy (non-hydrogen) atoms. The average molecular weight is 113 g/mol. The van der Waals surface area contributed by atoms with Crippen LogP contribution in [0, 0.1) is 5.41 Å². The van der Waals surface area contributed by atoms with Gasteiger partial charge in [-0.05, 0) is 17.9 Å². The van der Waals surface area contributed by atoms with Crippen LogP contribution >= 0.6 is 0 Å². The fourth-order valence-electron chi connectivity index (χ4n) is 0.402. The second kappa shape index (κ2) is 2.75. The second-order valence-corrected chi connectivity index (χ2v) is 3.14. The standard InChI is InChI=1S/C7H13O/c1-7(2,3)5-4-6-8/h4,6H,5H2,1-3H3. The molecule has 0 saturated heterocycles. The Kier molecular flexibility index (Phi) is 2.59. The van der Waals surface area contributed by atoms with Gasteiger partial charge in [-0.15, -0.1) is 0 Å². The van der Waals surface area contributed by atoms with Crippen molar-refractivity contribution in [2.45, 2.75) is 27.2 Å². The van der Waals surface area contributed by atoms with Gasteiger partial charge in [0.2, 0.25) is 0 Å². The number of hydrogen-bond donors (Lipinski definition) is 0. The van der Waals surface area contributed by atoms with Crippen LogP contribution in [0.15, 0.2) is 12.3 Å². The van der Waals surface area contributed by atoms with Crippen molar-refractivity contribution in [3.05, 3.63) is 12.3 Å². The summed E-state index contributed by atoms with van der Waals surface area (Å²) >= 11 is 0. The van der Waals surface area contributed by atoms with Crippen LogP contribution in [0.4, 0.5) is 0 Å². The molecule has 0 aliphatic rings. The number of allylic oxidation sites excluding steroid dienone is 1. The molecule has 1 nitrogen and oxygen atoms in total. The largest absolute Gasteiger partial charge is 0.299 e. The molecule has 0 amide bonds. The molecule has 0 rings (SSSR count). The van der Waals surface area contributed by atoms with E-state index in [-0.39, 0.29) is 5.41 Å². The molecule has 0 atom stereocenters. The zero-order valence-corrected chi connectivity index (χ0v) is 5.77. The molecule has 0 bridgehead atoms. The zero-order valence-electron chi connectivity index (χ0n) is 5.77. The molecular formula is C7H13O. The summed E-state index contributed by atoms with van der Waals surface area (Å²) in [7, 11) is 0. The fourth-order valence-corrected chi connectivity index (χ4v) is 0.402. The maximum Gasteiger partial charge on any atom is 0.138 e. The van der Waals surface area contributed by atoms with Gasteiger partial charge in [0.1, 0.15) is 6.26 Å². The van der Waals surface area contributed by atoms with Gasteiger partial charge in [0, 0.05) is 0 Å². The predicted octanol–water partition coefficient (Wildman–Crippen LogP) is 2.37. The Morgan fingerprint density at radius 3 is 2.00 bits per heavy atom. The summed E-state index contributed by atoms with van der Waals surface area (Å²) < 4.78 is 0. The first kappa shape index (κ1) is 7.54. The molecule has 0 spiro atoms. The van der Waals surface area contributed by atoms with Crippen LogP contribution in [0.2, 0.25) is 0 Å². The minimum absolute atomic E-state index is 0.265. The van der Waals surface area contributed by atoms with Gasteiger partial charge in [-0.25, -0.2) is 0 Å². The molecule has 1 radical (unpaired) electrons. The van der Waals surface area contributed by atoms with E-state index < -0.39 is 0 Å². The molecule has 1 heteroatoms. The molecule has 0 fully saturated rings. The second-order valence-electron chi connectivity index (χ2n) is 3.14. The van der Waals surface area contributed by atoms with Crippen molar-refractivity contribution in [1.82, 2.24) is 0 Å². The maximum absolute atomic E-state index is 9.80. The van der Waals surface area contributed by atoms with Crippen molar-refractivity contribution in [2.75, 3.05) is 0 Å². The Hall–Kier alpha value is -0.460. The topological polar surface area (TPSA) is 19.9 Å². The molecule has 0 aromatic carbocycles. The van der Waals surface area contributed by atoms with Gasteiger partial charge >= 0.3 is 0 Å². The van der Waals surface area contributed by atoms with Crippen molar-refractivity contribution in [3.63, 3.8) is 0 Å². The number of rotatable bonds is 1. The van der Waals surface area contributed by atoms with Gasteiger partial charge < -0.3 is 0 Å². The lowest BCUT2D eigenvalue weighted by atomic mass is 9.93.